The van der Waals surface area contributed by atoms with Crippen molar-refractivity contribution in [2.75, 3.05) is 6.54 Å². The SMILES string of the molecule is CCC(CC)C(Cl)CNS(=O)(=O)c1cn[nH]c1. The zero-order chi connectivity index (χ0) is 12.9. The van der Waals surface area contributed by atoms with E-state index < -0.39 is 10.0 Å². The second kappa shape index (κ2) is 6.37. The van der Waals surface area contributed by atoms with E-state index in [-0.39, 0.29) is 16.8 Å². The molecule has 5 nitrogen and oxygen atoms in total. The Morgan fingerprint density at radius 3 is 2.59 bits per heavy atom. The third-order valence-corrected chi connectivity index (χ3v) is 4.71. The van der Waals surface area contributed by atoms with Gasteiger partial charge in [-0.1, -0.05) is 26.7 Å². The molecule has 0 radical (unpaired) electrons. The Bertz CT molecular complexity index is 415. The van der Waals surface area contributed by atoms with Crippen molar-refractivity contribution in [2.24, 2.45) is 5.92 Å². The maximum absolute atomic E-state index is 11.8. The van der Waals surface area contributed by atoms with Crippen molar-refractivity contribution >= 4 is 21.6 Å². The van der Waals surface area contributed by atoms with Crippen LogP contribution >= 0.6 is 11.6 Å². The number of hydrogen-bond acceptors (Lipinski definition) is 3. The van der Waals surface area contributed by atoms with E-state index >= 15 is 0 Å². The van der Waals surface area contributed by atoms with E-state index in [9.17, 15) is 8.42 Å². The Kier molecular flexibility index (Phi) is 5.42. The van der Waals surface area contributed by atoms with Crippen molar-refractivity contribution in [2.45, 2.75) is 37.0 Å². The molecule has 0 saturated heterocycles. The second-order valence-electron chi connectivity index (χ2n) is 3.88. The summed E-state index contributed by atoms with van der Waals surface area (Å²) in [7, 11) is -3.49. The molecule has 0 amide bonds. The molecule has 98 valence electrons. The number of aromatic nitrogens is 2. The van der Waals surface area contributed by atoms with Crippen molar-refractivity contribution in [1.82, 2.24) is 14.9 Å². The van der Waals surface area contributed by atoms with E-state index in [2.05, 4.69) is 14.9 Å². The molecule has 1 aromatic heterocycles. The normalized spacial score (nSPS) is 14.1. The summed E-state index contributed by atoms with van der Waals surface area (Å²) in [5.74, 6) is 0.323. The monoisotopic (exact) mass is 279 g/mol. The van der Waals surface area contributed by atoms with Gasteiger partial charge >= 0.3 is 0 Å². The lowest BCUT2D eigenvalue weighted by molar-refractivity contribution is 0.460. The first-order valence-corrected chi connectivity index (χ1v) is 7.55. The van der Waals surface area contributed by atoms with Gasteiger partial charge in [-0.3, -0.25) is 5.10 Å². The largest absolute Gasteiger partial charge is 0.284 e. The Morgan fingerprint density at radius 1 is 1.47 bits per heavy atom. The first-order chi connectivity index (χ1) is 8.01. The van der Waals surface area contributed by atoms with Crippen LogP contribution in [0.3, 0.4) is 0 Å². The number of nitrogens with zero attached hydrogens (tertiary/aromatic N) is 1. The standard InChI is InChI=1S/C10H18ClN3O2S/c1-3-8(4-2)10(11)7-14-17(15,16)9-5-12-13-6-9/h5-6,8,10,14H,3-4,7H2,1-2H3,(H,12,13). The lowest BCUT2D eigenvalue weighted by Gasteiger charge is -2.19. The topological polar surface area (TPSA) is 74.8 Å². The number of nitrogens with one attached hydrogen (secondary N) is 2. The molecule has 17 heavy (non-hydrogen) atoms. The predicted molar refractivity (Wildman–Crippen MR) is 67.5 cm³/mol. The van der Waals surface area contributed by atoms with Crippen LogP contribution in [0.4, 0.5) is 0 Å². The van der Waals surface area contributed by atoms with E-state index in [1.54, 1.807) is 0 Å². The van der Waals surface area contributed by atoms with Crippen LogP contribution in [0, 0.1) is 5.92 Å². The molecule has 0 spiro atoms. The van der Waals surface area contributed by atoms with Crippen LogP contribution in [0.15, 0.2) is 17.3 Å². The Hall–Kier alpha value is -0.590. The number of sulfonamides is 1. The molecule has 2 N–H and O–H groups in total. The van der Waals surface area contributed by atoms with Gasteiger partial charge in [0, 0.05) is 18.1 Å². The highest BCUT2D eigenvalue weighted by Crippen LogP contribution is 2.18. The lowest BCUT2D eigenvalue weighted by Crippen LogP contribution is -2.33. The lowest BCUT2D eigenvalue weighted by atomic mass is 9.99. The molecule has 1 atom stereocenters. The van der Waals surface area contributed by atoms with Crippen LogP contribution in [0.2, 0.25) is 0 Å². The van der Waals surface area contributed by atoms with E-state index in [1.165, 1.54) is 12.4 Å². The van der Waals surface area contributed by atoms with E-state index in [0.717, 1.165) is 12.8 Å². The number of halogens is 1. The number of aromatic amines is 1. The molecule has 0 aliphatic rings. The van der Waals surface area contributed by atoms with E-state index in [0.29, 0.717) is 5.92 Å². The smallest absolute Gasteiger partial charge is 0.243 e. The summed E-state index contributed by atoms with van der Waals surface area (Å²) >= 11 is 6.16. The van der Waals surface area contributed by atoms with E-state index in [1.807, 2.05) is 13.8 Å². The quantitative estimate of drug-likeness (QED) is 0.747. The average Bonchev–Trinajstić information content (AvgIpc) is 2.82. The van der Waals surface area contributed by atoms with Crippen LogP contribution < -0.4 is 4.72 Å². The highest BCUT2D eigenvalue weighted by molar-refractivity contribution is 7.89. The van der Waals surface area contributed by atoms with Gasteiger partial charge in [0.1, 0.15) is 4.90 Å². The molecule has 1 heterocycles. The summed E-state index contributed by atoms with van der Waals surface area (Å²) in [4.78, 5) is 0.130. The first-order valence-electron chi connectivity index (χ1n) is 5.63. The number of H-pyrrole nitrogens is 1. The first kappa shape index (κ1) is 14.5. The van der Waals surface area contributed by atoms with Crippen LogP contribution in [-0.2, 0) is 10.0 Å². The number of alkyl halides is 1. The van der Waals surface area contributed by atoms with Crippen LogP contribution in [0.1, 0.15) is 26.7 Å². The van der Waals surface area contributed by atoms with Crippen molar-refractivity contribution in [3.8, 4) is 0 Å². The summed E-state index contributed by atoms with van der Waals surface area (Å²) in [5, 5.41) is 5.88. The Balaban J connectivity index is 2.56. The fourth-order valence-corrected chi connectivity index (χ4v) is 3.12. The second-order valence-corrected chi connectivity index (χ2v) is 6.21. The third kappa shape index (κ3) is 3.97. The molecule has 7 heteroatoms. The van der Waals surface area contributed by atoms with Gasteiger partial charge in [0.25, 0.3) is 0 Å². The summed E-state index contributed by atoms with van der Waals surface area (Å²) in [6, 6.07) is 0. The van der Waals surface area contributed by atoms with Gasteiger partial charge in [-0.25, -0.2) is 13.1 Å². The number of rotatable bonds is 7. The van der Waals surface area contributed by atoms with Crippen molar-refractivity contribution in [3.63, 3.8) is 0 Å². The Morgan fingerprint density at radius 2 is 2.12 bits per heavy atom. The minimum absolute atomic E-state index is 0.130. The van der Waals surface area contributed by atoms with Crippen LogP contribution in [0.25, 0.3) is 0 Å². The van der Waals surface area contributed by atoms with Gasteiger partial charge in [-0.2, -0.15) is 5.10 Å². The van der Waals surface area contributed by atoms with Crippen LogP contribution in [0.5, 0.6) is 0 Å². The highest BCUT2D eigenvalue weighted by atomic mass is 35.5. The zero-order valence-corrected chi connectivity index (χ0v) is 11.6. The molecule has 1 rings (SSSR count). The fourth-order valence-electron chi connectivity index (χ4n) is 1.63. The number of hydrogen-bond donors (Lipinski definition) is 2. The van der Waals surface area contributed by atoms with Crippen LogP contribution in [-0.4, -0.2) is 30.5 Å². The van der Waals surface area contributed by atoms with Gasteiger partial charge in [0.05, 0.1) is 6.20 Å². The maximum atomic E-state index is 11.8. The molecule has 0 bridgehead atoms. The van der Waals surface area contributed by atoms with Gasteiger partial charge in [0.2, 0.25) is 10.0 Å². The molecule has 0 fully saturated rings. The van der Waals surface area contributed by atoms with Crippen molar-refractivity contribution in [3.05, 3.63) is 12.4 Å². The van der Waals surface area contributed by atoms with Gasteiger partial charge in [-0.05, 0) is 5.92 Å². The summed E-state index contributed by atoms with van der Waals surface area (Å²) in [6.45, 7) is 4.34. The molecule has 1 unspecified atom stereocenters. The van der Waals surface area contributed by atoms with Gasteiger partial charge < -0.3 is 0 Å². The predicted octanol–water partition coefficient (Wildman–Crippen LogP) is 1.73. The summed E-state index contributed by atoms with van der Waals surface area (Å²) in [5.41, 5.74) is 0. The fraction of sp³-hybridized carbons (Fsp3) is 0.700. The minimum Gasteiger partial charge on any atom is -0.284 e. The molecule has 0 saturated carbocycles. The molecular weight excluding hydrogens is 262 g/mol. The molecule has 1 aromatic rings. The highest BCUT2D eigenvalue weighted by Gasteiger charge is 2.20. The molecule has 0 aliphatic carbocycles. The Labute approximate surface area is 107 Å². The molecule has 0 aromatic carbocycles. The summed E-state index contributed by atoms with van der Waals surface area (Å²) in [6.07, 6.45) is 4.49. The van der Waals surface area contributed by atoms with Gasteiger partial charge in [0.15, 0.2) is 0 Å². The molecular formula is C10H18ClN3O2S. The maximum Gasteiger partial charge on any atom is 0.243 e. The van der Waals surface area contributed by atoms with Crippen molar-refractivity contribution < 1.29 is 8.42 Å². The van der Waals surface area contributed by atoms with E-state index in [4.69, 9.17) is 11.6 Å². The average molecular weight is 280 g/mol. The van der Waals surface area contributed by atoms with Crippen molar-refractivity contribution in [1.29, 1.82) is 0 Å². The summed E-state index contributed by atoms with van der Waals surface area (Å²) < 4.78 is 26.0. The molecule has 0 aliphatic heterocycles. The third-order valence-electron chi connectivity index (χ3n) is 2.81. The zero-order valence-electron chi connectivity index (χ0n) is 9.98. The minimum atomic E-state index is -3.49. The van der Waals surface area contributed by atoms with Gasteiger partial charge in [-0.15, -0.1) is 11.6 Å².